The van der Waals surface area contributed by atoms with Crippen LogP contribution in [0.3, 0.4) is 0 Å². The van der Waals surface area contributed by atoms with Crippen LogP contribution in [-0.2, 0) is 0 Å². The molecule has 0 spiro atoms. The average Bonchev–Trinajstić information content (AvgIpc) is 2.69. The smallest absolute Gasteiger partial charge is 0.0831 e. The van der Waals surface area contributed by atoms with Gasteiger partial charge in [-0.3, -0.25) is 0 Å². The second-order valence-electron chi connectivity index (χ2n) is 3.75. The molecule has 2 N–H and O–H groups in total. The predicted octanol–water partition coefficient (Wildman–Crippen LogP) is 1.98. The summed E-state index contributed by atoms with van der Waals surface area (Å²) in [6.07, 6.45) is 0.650. The fourth-order valence-corrected chi connectivity index (χ4v) is 2.11. The van der Waals surface area contributed by atoms with Gasteiger partial charge in [0.2, 0.25) is 0 Å². The Bertz CT molecular complexity index is 310. The van der Waals surface area contributed by atoms with Crippen molar-refractivity contribution in [3.8, 4) is 0 Å². The summed E-state index contributed by atoms with van der Waals surface area (Å²) >= 11 is 5.87. The summed E-state index contributed by atoms with van der Waals surface area (Å²) in [4.78, 5) is 0. The van der Waals surface area contributed by atoms with Crippen molar-refractivity contribution in [3.05, 3.63) is 34.9 Å². The number of benzene rings is 1. The maximum atomic E-state index is 10.0. The van der Waals surface area contributed by atoms with Crippen molar-refractivity contribution in [2.45, 2.75) is 12.5 Å². The third-order valence-electron chi connectivity index (χ3n) is 2.74. The fourth-order valence-electron chi connectivity index (χ4n) is 1.91. The summed E-state index contributed by atoms with van der Waals surface area (Å²) in [7, 11) is 0. The molecule has 76 valence electrons. The van der Waals surface area contributed by atoms with Gasteiger partial charge in [-0.2, -0.15) is 0 Å². The monoisotopic (exact) mass is 211 g/mol. The fraction of sp³-hybridized carbons (Fsp3) is 0.455. The topological polar surface area (TPSA) is 32.3 Å². The summed E-state index contributed by atoms with van der Waals surface area (Å²) in [6, 6.07) is 7.47. The van der Waals surface area contributed by atoms with Gasteiger partial charge in [-0.25, -0.2) is 0 Å². The van der Waals surface area contributed by atoms with E-state index in [4.69, 9.17) is 11.6 Å². The molecule has 1 fully saturated rings. The molecule has 0 aromatic heterocycles. The Morgan fingerprint density at radius 2 is 2.36 bits per heavy atom. The standard InChI is InChI=1S/C11H14ClNO/c12-10-3-1-2-8(6-10)11(14)9-4-5-13-7-9/h1-3,6,9,11,13-14H,4-5,7H2/t9-,11?/m1/s1. The van der Waals surface area contributed by atoms with Crippen molar-refractivity contribution in [2.75, 3.05) is 13.1 Å². The molecular weight excluding hydrogens is 198 g/mol. The Hall–Kier alpha value is -0.570. The molecule has 2 nitrogen and oxygen atoms in total. The second-order valence-corrected chi connectivity index (χ2v) is 4.19. The quantitative estimate of drug-likeness (QED) is 0.784. The van der Waals surface area contributed by atoms with E-state index in [-0.39, 0.29) is 6.10 Å². The minimum atomic E-state index is -0.385. The van der Waals surface area contributed by atoms with E-state index in [0.717, 1.165) is 25.1 Å². The summed E-state index contributed by atoms with van der Waals surface area (Å²) in [6.45, 7) is 1.90. The summed E-state index contributed by atoms with van der Waals surface area (Å²) in [5.74, 6) is 0.327. The molecule has 1 heterocycles. The average molecular weight is 212 g/mol. The highest BCUT2D eigenvalue weighted by molar-refractivity contribution is 6.30. The molecule has 2 atom stereocenters. The highest BCUT2D eigenvalue weighted by Gasteiger charge is 2.24. The molecule has 0 saturated carbocycles. The van der Waals surface area contributed by atoms with Gasteiger partial charge in [0.1, 0.15) is 0 Å². The molecule has 1 aliphatic heterocycles. The summed E-state index contributed by atoms with van der Waals surface area (Å²) < 4.78 is 0. The van der Waals surface area contributed by atoms with Gasteiger partial charge >= 0.3 is 0 Å². The van der Waals surface area contributed by atoms with Crippen LogP contribution in [0, 0.1) is 5.92 Å². The predicted molar refractivity (Wildman–Crippen MR) is 57.4 cm³/mol. The van der Waals surface area contributed by atoms with Gasteiger partial charge in [-0.15, -0.1) is 0 Å². The van der Waals surface area contributed by atoms with Crippen LogP contribution in [-0.4, -0.2) is 18.2 Å². The summed E-state index contributed by atoms with van der Waals surface area (Å²) in [5.41, 5.74) is 0.922. The molecule has 2 rings (SSSR count). The van der Waals surface area contributed by atoms with E-state index in [0.29, 0.717) is 10.9 Å². The SMILES string of the molecule is OC(c1cccc(Cl)c1)[C@@H]1CCNC1. The molecule has 14 heavy (non-hydrogen) atoms. The number of aliphatic hydroxyl groups is 1. The van der Waals surface area contributed by atoms with Crippen molar-refractivity contribution < 1.29 is 5.11 Å². The molecule has 1 saturated heterocycles. The van der Waals surface area contributed by atoms with Gasteiger partial charge in [0, 0.05) is 17.5 Å². The van der Waals surface area contributed by atoms with Crippen LogP contribution < -0.4 is 5.32 Å². The first-order valence-corrected chi connectivity index (χ1v) is 5.29. The Kier molecular flexibility index (Phi) is 3.06. The number of aliphatic hydroxyl groups excluding tert-OH is 1. The molecular formula is C11H14ClNO. The molecule has 3 heteroatoms. The molecule has 1 aromatic carbocycles. The Balaban J connectivity index is 2.13. The lowest BCUT2D eigenvalue weighted by atomic mass is 9.95. The molecule has 1 aromatic rings. The minimum absolute atomic E-state index is 0.327. The van der Waals surface area contributed by atoms with E-state index in [2.05, 4.69) is 5.32 Å². The molecule has 0 bridgehead atoms. The number of hydrogen-bond donors (Lipinski definition) is 2. The zero-order valence-corrected chi connectivity index (χ0v) is 8.67. The first-order valence-electron chi connectivity index (χ1n) is 4.91. The Labute approximate surface area is 88.9 Å². The highest BCUT2D eigenvalue weighted by atomic mass is 35.5. The molecule has 1 unspecified atom stereocenters. The minimum Gasteiger partial charge on any atom is -0.388 e. The van der Waals surface area contributed by atoms with Gasteiger partial charge in [0.05, 0.1) is 6.10 Å². The molecule has 0 radical (unpaired) electrons. The van der Waals surface area contributed by atoms with Crippen molar-refractivity contribution in [3.63, 3.8) is 0 Å². The lowest BCUT2D eigenvalue weighted by Crippen LogP contribution is -2.16. The van der Waals surface area contributed by atoms with Crippen LogP contribution in [0.5, 0.6) is 0 Å². The zero-order chi connectivity index (χ0) is 9.97. The Morgan fingerprint density at radius 3 is 3.00 bits per heavy atom. The first-order chi connectivity index (χ1) is 6.77. The highest BCUT2D eigenvalue weighted by Crippen LogP contribution is 2.27. The van der Waals surface area contributed by atoms with Gasteiger partial charge in [-0.05, 0) is 30.7 Å². The van der Waals surface area contributed by atoms with Crippen LogP contribution in [0.2, 0.25) is 5.02 Å². The lowest BCUT2D eigenvalue weighted by Gasteiger charge is -2.17. The van der Waals surface area contributed by atoms with E-state index in [1.54, 1.807) is 0 Å². The second kappa shape index (κ2) is 4.30. The van der Waals surface area contributed by atoms with Crippen LogP contribution in [0.4, 0.5) is 0 Å². The lowest BCUT2D eigenvalue weighted by molar-refractivity contribution is 0.118. The zero-order valence-electron chi connectivity index (χ0n) is 7.91. The number of nitrogens with one attached hydrogen (secondary N) is 1. The maximum absolute atomic E-state index is 10.0. The number of rotatable bonds is 2. The van der Waals surface area contributed by atoms with Crippen molar-refractivity contribution >= 4 is 11.6 Å². The van der Waals surface area contributed by atoms with Gasteiger partial charge < -0.3 is 10.4 Å². The van der Waals surface area contributed by atoms with Crippen LogP contribution in [0.1, 0.15) is 18.1 Å². The number of hydrogen-bond acceptors (Lipinski definition) is 2. The largest absolute Gasteiger partial charge is 0.388 e. The van der Waals surface area contributed by atoms with Crippen molar-refractivity contribution in [1.29, 1.82) is 0 Å². The van der Waals surface area contributed by atoms with Gasteiger partial charge in [0.25, 0.3) is 0 Å². The van der Waals surface area contributed by atoms with Gasteiger partial charge in [-0.1, -0.05) is 23.7 Å². The van der Waals surface area contributed by atoms with E-state index in [9.17, 15) is 5.11 Å². The van der Waals surface area contributed by atoms with Crippen LogP contribution in [0.25, 0.3) is 0 Å². The third kappa shape index (κ3) is 2.08. The van der Waals surface area contributed by atoms with Crippen molar-refractivity contribution in [1.82, 2.24) is 5.32 Å². The first kappa shape index (κ1) is 9.97. The van der Waals surface area contributed by atoms with E-state index >= 15 is 0 Å². The van der Waals surface area contributed by atoms with E-state index < -0.39 is 0 Å². The van der Waals surface area contributed by atoms with Crippen LogP contribution >= 0.6 is 11.6 Å². The molecule has 1 aliphatic rings. The molecule has 0 aliphatic carbocycles. The van der Waals surface area contributed by atoms with E-state index in [1.807, 2.05) is 24.3 Å². The normalized spacial score (nSPS) is 23.7. The van der Waals surface area contributed by atoms with E-state index in [1.165, 1.54) is 0 Å². The maximum Gasteiger partial charge on any atom is 0.0831 e. The third-order valence-corrected chi connectivity index (χ3v) is 2.97. The summed E-state index contributed by atoms with van der Waals surface area (Å²) in [5, 5.41) is 14.0. The number of halogens is 1. The molecule has 0 amide bonds. The Morgan fingerprint density at radius 1 is 1.50 bits per heavy atom. The van der Waals surface area contributed by atoms with Crippen molar-refractivity contribution in [2.24, 2.45) is 5.92 Å². The van der Waals surface area contributed by atoms with Gasteiger partial charge in [0.15, 0.2) is 0 Å². The van der Waals surface area contributed by atoms with Crippen LogP contribution in [0.15, 0.2) is 24.3 Å².